The summed E-state index contributed by atoms with van der Waals surface area (Å²) in [7, 11) is -2.72. The van der Waals surface area contributed by atoms with E-state index in [2.05, 4.69) is 26.7 Å². The minimum absolute atomic E-state index is 0.0762. The molecule has 2 aromatic heterocycles. The van der Waals surface area contributed by atoms with Crippen molar-refractivity contribution in [3.63, 3.8) is 0 Å². The maximum Gasteiger partial charge on any atom is 0.387 e. The van der Waals surface area contributed by atoms with E-state index in [1.807, 2.05) is 13.8 Å². The molecular formula is C21H24F3N5O2S. The predicted octanol–water partition coefficient (Wildman–Crippen LogP) is 4.48. The third kappa shape index (κ3) is 5.39. The van der Waals surface area contributed by atoms with E-state index in [-0.39, 0.29) is 17.2 Å². The lowest BCUT2D eigenvalue weighted by Crippen LogP contribution is -2.43. The molecule has 7 nitrogen and oxygen atoms in total. The molecule has 3 aromatic rings. The van der Waals surface area contributed by atoms with Gasteiger partial charge in [-0.15, -0.1) is 0 Å². The van der Waals surface area contributed by atoms with Crippen molar-refractivity contribution in [3.8, 4) is 11.4 Å². The molecule has 0 saturated carbocycles. The fourth-order valence-electron chi connectivity index (χ4n) is 3.51. The zero-order chi connectivity index (χ0) is 23.8. The highest BCUT2D eigenvalue weighted by Crippen LogP contribution is 2.27. The van der Waals surface area contributed by atoms with E-state index in [1.54, 1.807) is 13.0 Å². The number of aromatic nitrogens is 3. The Kier molecular flexibility index (Phi) is 6.23. The number of nitrogens with one attached hydrogen (secondary N) is 2. The van der Waals surface area contributed by atoms with Crippen LogP contribution in [0.4, 0.5) is 13.2 Å². The Bertz CT molecular complexity index is 1290. The predicted molar refractivity (Wildman–Crippen MR) is 118 cm³/mol. The van der Waals surface area contributed by atoms with Crippen molar-refractivity contribution in [2.45, 2.75) is 32.9 Å². The van der Waals surface area contributed by atoms with Gasteiger partial charge in [0.15, 0.2) is 5.65 Å². The van der Waals surface area contributed by atoms with Crippen molar-refractivity contribution >= 4 is 26.5 Å². The topological polar surface area (TPSA) is 92.9 Å². The summed E-state index contributed by atoms with van der Waals surface area (Å²) in [5.74, 6) is -0.744. The lowest BCUT2D eigenvalue weighted by atomic mass is 10.1. The first kappa shape index (κ1) is 23.6. The zero-order valence-corrected chi connectivity index (χ0v) is 18.9. The third-order valence-corrected chi connectivity index (χ3v) is 5.82. The Labute approximate surface area is 184 Å². The molecular weight excluding hydrogens is 443 g/mol. The SMILES string of the molecule is C=C(NC(C)(C)CS(C)(=N)=O)c1cnc2c(c1)c(C)nn2-c1cc(OC(F)F)ccc1F. The van der Waals surface area contributed by atoms with E-state index in [0.29, 0.717) is 28.0 Å². The number of aryl methyl sites for hydroxylation is 1. The van der Waals surface area contributed by atoms with Crippen molar-refractivity contribution in [2.24, 2.45) is 0 Å². The molecule has 1 aromatic carbocycles. The van der Waals surface area contributed by atoms with Gasteiger partial charge in [-0.3, -0.25) is 8.99 Å². The van der Waals surface area contributed by atoms with Crippen molar-refractivity contribution in [3.05, 3.63) is 54.1 Å². The summed E-state index contributed by atoms with van der Waals surface area (Å²) in [5, 5.41) is 8.11. The van der Waals surface area contributed by atoms with Crippen LogP contribution in [0.25, 0.3) is 22.4 Å². The van der Waals surface area contributed by atoms with Gasteiger partial charge in [0.1, 0.15) is 17.3 Å². The van der Waals surface area contributed by atoms with Gasteiger partial charge in [-0.05, 0) is 39.0 Å². The standard InChI is InChI=1S/C21H24F3N5O2S/c1-12(27-21(3,4)11-32(5,25)30)14-8-16-13(2)28-29(19(16)26-10-14)18-9-15(31-20(23)24)6-7-17(18)22/h6-10,20,25,27H,1,11H2,2-5H3. The van der Waals surface area contributed by atoms with Crippen LogP contribution in [0, 0.1) is 17.5 Å². The summed E-state index contributed by atoms with van der Waals surface area (Å²) >= 11 is 0. The fraction of sp³-hybridized carbons (Fsp3) is 0.333. The van der Waals surface area contributed by atoms with Crippen LogP contribution in [0.1, 0.15) is 25.1 Å². The van der Waals surface area contributed by atoms with Gasteiger partial charge in [-0.25, -0.2) is 14.1 Å². The van der Waals surface area contributed by atoms with Gasteiger partial charge < -0.3 is 10.1 Å². The van der Waals surface area contributed by atoms with Crippen molar-refractivity contribution in [1.82, 2.24) is 20.1 Å². The lowest BCUT2D eigenvalue weighted by Gasteiger charge is -2.28. The first-order valence-corrected chi connectivity index (χ1v) is 11.7. The lowest BCUT2D eigenvalue weighted by molar-refractivity contribution is -0.0498. The summed E-state index contributed by atoms with van der Waals surface area (Å²) in [4.78, 5) is 4.39. The van der Waals surface area contributed by atoms with E-state index in [0.717, 1.165) is 18.2 Å². The molecule has 0 fully saturated rings. The number of pyridine rings is 1. The van der Waals surface area contributed by atoms with Crippen LogP contribution in [0.2, 0.25) is 0 Å². The van der Waals surface area contributed by atoms with E-state index in [4.69, 9.17) is 4.78 Å². The summed E-state index contributed by atoms with van der Waals surface area (Å²) in [5.41, 5.74) is 1.30. The van der Waals surface area contributed by atoms with Gasteiger partial charge in [0.25, 0.3) is 0 Å². The molecule has 0 bridgehead atoms. The van der Waals surface area contributed by atoms with Crippen LogP contribution >= 0.6 is 0 Å². The summed E-state index contributed by atoms with van der Waals surface area (Å²) in [6.07, 6.45) is 2.90. The third-order valence-electron chi connectivity index (χ3n) is 4.55. The number of hydrogen-bond donors (Lipinski definition) is 2. The van der Waals surface area contributed by atoms with Gasteiger partial charge in [-0.2, -0.15) is 13.9 Å². The van der Waals surface area contributed by atoms with Crippen LogP contribution in [0.3, 0.4) is 0 Å². The molecule has 1 unspecified atom stereocenters. The number of fused-ring (bicyclic) bond motifs is 1. The van der Waals surface area contributed by atoms with E-state index in [9.17, 15) is 17.4 Å². The second kappa shape index (κ2) is 8.45. The molecule has 172 valence electrons. The maximum atomic E-state index is 14.5. The monoisotopic (exact) mass is 467 g/mol. The molecule has 0 saturated heterocycles. The number of nitrogens with zero attached hydrogens (tertiary/aromatic N) is 3. The molecule has 0 amide bonds. The first-order valence-electron chi connectivity index (χ1n) is 9.55. The Hall–Kier alpha value is -3.08. The molecule has 32 heavy (non-hydrogen) atoms. The number of alkyl halides is 2. The van der Waals surface area contributed by atoms with Crippen LogP contribution in [-0.4, -0.2) is 43.1 Å². The molecule has 11 heteroatoms. The molecule has 1 atom stereocenters. The summed E-state index contributed by atoms with van der Waals surface area (Å²) in [6.45, 7) is 6.34. The average molecular weight is 468 g/mol. The summed E-state index contributed by atoms with van der Waals surface area (Å²) in [6, 6.07) is 5.04. The van der Waals surface area contributed by atoms with E-state index < -0.39 is 27.7 Å². The zero-order valence-electron chi connectivity index (χ0n) is 18.1. The smallest absolute Gasteiger partial charge is 0.387 e. The van der Waals surface area contributed by atoms with Crippen molar-refractivity contribution in [1.29, 1.82) is 4.78 Å². The Morgan fingerprint density at radius 2 is 2.06 bits per heavy atom. The highest BCUT2D eigenvalue weighted by Gasteiger charge is 2.23. The Morgan fingerprint density at radius 1 is 1.38 bits per heavy atom. The molecule has 0 aliphatic rings. The largest absolute Gasteiger partial charge is 0.435 e. The molecule has 0 radical (unpaired) electrons. The Morgan fingerprint density at radius 3 is 2.69 bits per heavy atom. The molecule has 0 spiro atoms. The maximum absolute atomic E-state index is 14.5. The van der Waals surface area contributed by atoms with Crippen molar-refractivity contribution < 1.29 is 22.1 Å². The van der Waals surface area contributed by atoms with Crippen LogP contribution in [-0.2, 0) is 9.73 Å². The normalized spacial score (nSPS) is 13.9. The molecule has 2 N–H and O–H groups in total. The Balaban J connectivity index is 1.98. The highest BCUT2D eigenvalue weighted by atomic mass is 32.2. The fourth-order valence-corrected chi connectivity index (χ4v) is 4.96. The number of hydrogen-bond acceptors (Lipinski definition) is 6. The number of halogens is 3. The number of rotatable bonds is 8. The average Bonchev–Trinajstić information content (AvgIpc) is 2.96. The number of ether oxygens (including phenoxy) is 1. The van der Waals surface area contributed by atoms with Crippen molar-refractivity contribution in [2.75, 3.05) is 12.0 Å². The van der Waals surface area contributed by atoms with Gasteiger partial charge in [-0.1, -0.05) is 6.58 Å². The van der Waals surface area contributed by atoms with Crippen LogP contribution < -0.4 is 10.1 Å². The van der Waals surface area contributed by atoms with Gasteiger partial charge in [0.2, 0.25) is 0 Å². The summed E-state index contributed by atoms with van der Waals surface area (Å²) < 4.78 is 64.7. The number of benzene rings is 1. The minimum Gasteiger partial charge on any atom is -0.435 e. The van der Waals surface area contributed by atoms with Gasteiger partial charge in [0.05, 0.1) is 11.4 Å². The van der Waals surface area contributed by atoms with E-state index in [1.165, 1.54) is 17.1 Å². The highest BCUT2D eigenvalue weighted by molar-refractivity contribution is 7.91. The van der Waals surface area contributed by atoms with E-state index >= 15 is 0 Å². The van der Waals surface area contributed by atoms with Gasteiger partial charge >= 0.3 is 6.61 Å². The first-order chi connectivity index (χ1) is 14.8. The second-order valence-electron chi connectivity index (χ2n) is 8.22. The van der Waals surface area contributed by atoms with Gasteiger partial charge in [0, 0.05) is 50.4 Å². The molecule has 0 aliphatic carbocycles. The molecule has 3 rings (SSSR count). The second-order valence-corrected chi connectivity index (χ2v) is 10.5. The van der Waals surface area contributed by atoms with Crippen LogP contribution in [0.5, 0.6) is 5.75 Å². The van der Waals surface area contributed by atoms with Crippen LogP contribution in [0.15, 0.2) is 37.0 Å². The quantitative estimate of drug-likeness (QED) is 0.509. The molecule has 0 aliphatic heterocycles. The minimum atomic E-state index is -3.04. The molecule has 2 heterocycles.